The smallest absolute Gasteiger partial charge is 0.305 e. The van der Waals surface area contributed by atoms with Gasteiger partial charge in [-0.25, -0.2) is 0 Å². The molecule has 0 heterocycles. The van der Waals surface area contributed by atoms with E-state index in [0.717, 1.165) is 15.4 Å². The Morgan fingerprint density at radius 1 is 1.33 bits per heavy atom. The van der Waals surface area contributed by atoms with Crippen LogP contribution in [-0.4, -0.2) is 29.1 Å². The zero-order chi connectivity index (χ0) is 15.5. The van der Waals surface area contributed by atoms with E-state index in [4.69, 9.17) is 9.84 Å². The van der Waals surface area contributed by atoms with Crippen LogP contribution < -0.4 is 10.1 Å². The van der Waals surface area contributed by atoms with Crippen molar-refractivity contribution in [3.63, 3.8) is 0 Å². The van der Waals surface area contributed by atoms with Crippen LogP contribution >= 0.6 is 31.9 Å². The van der Waals surface area contributed by atoms with Crippen molar-refractivity contribution in [2.75, 3.05) is 6.61 Å². The van der Waals surface area contributed by atoms with Gasteiger partial charge in [-0.05, 0) is 53.4 Å². The molecule has 21 heavy (non-hydrogen) atoms. The Hall–Kier alpha value is -1.08. The van der Waals surface area contributed by atoms with Crippen molar-refractivity contribution in [2.24, 2.45) is 0 Å². The van der Waals surface area contributed by atoms with Gasteiger partial charge >= 0.3 is 5.97 Å². The number of nitrogens with one attached hydrogen (secondary N) is 1. The van der Waals surface area contributed by atoms with Gasteiger partial charge in [0.05, 0.1) is 16.4 Å². The molecule has 0 aliphatic heterocycles. The molecule has 2 rings (SSSR count). The van der Waals surface area contributed by atoms with Crippen LogP contribution in [0.1, 0.15) is 25.7 Å². The maximum absolute atomic E-state index is 11.9. The van der Waals surface area contributed by atoms with E-state index in [9.17, 15) is 9.59 Å². The summed E-state index contributed by atoms with van der Waals surface area (Å²) in [5.74, 6) is -0.633. The van der Waals surface area contributed by atoms with Crippen molar-refractivity contribution in [3.05, 3.63) is 27.1 Å². The molecule has 1 amide bonds. The molecule has 5 nitrogen and oxygen atoms in total. The number of carboxylic acid groups (broad SMARTS) is 1. The zero-order valence-electron chi connectivity index (χ0n) is 11.2. The van der Waals surface area contributed by atoms with Crippen molar-refractivity contribution in [3.8, 4) is 5.75 Å². The summed E-state index contributed by atoms with van der Waals surface area (Å²) in [6, 6.07) is 5.39. The Morgan fingerprint density at radius 3 is 2.57 bits per heavy atom. The maximum atomic E-state index is 11.9. The molecule has 1 aliphatic carbocycles. The molecule has 114 valence electrons. The standard InChI is InChI=1S/C14H15Br2NO4/c15-9-2-3-11(10(16)6-9)21-8-12(18)17-14(4-1-5-14)7-13(19)20/h2-3,6H,1,4-5,7-8H2,(H,17,18)(H,19,20). The summed E-state index contributed by atoms with van der Waals surface area (Å²) in [4.78, 5) is 22.8. The number of hydrogen-bond acceptors (Lipinski definition) is 3. The molecule has 0 aromatic heterocycles. The van der Waals surface area contributed by atoms with Crippen LogP contribution in [0.5, 0.6) is 5.75 Å². The predicted octanol–water partition coefficient (Wildman–Crippen LogP) is 3.10. The molecule has 0 bridgehead atoms. The molecular formula is C14H15Br2NO4. The lowest BCUT2D eigenvalue weighted by molar-refractivity contribution is -0.140. The largest absolute Gasteiger partial charge is 0.483 e. The molecule has 1 aromatic rings. The molecule has 0 atom stereocenters. The van der Waals surface area contributed by atoms with Crippen molar-refractivity contribution < 1.29 is 19.4 Å². The summed E-state index contributed by atoms with van der Waals surface area (Å²) in [6.07, 6.45) is 2.30. The lowest BCUT2D eigenvalue weighted by Gasteiger charge is -2.41. The summed E-state index contributed by atoms with van der Waals surface area (Å²) >= 11 is 6.69. The van der Waals surface area contributed by atoms with Gasteiger partial charge in [0, 0.05) is 4.47 Å². The number of halogens is 2. The van der Waals surface area contributed by atoms with E-state index in [-0.39, 0.29) is 18.9 Å². The SMILES string of the molecule is O=C(O)CC1(NC(=O)COc2ccc(Br)cc2Br)CCC1. The van der Waals surface area contributed by atoms with E-state index >= 15 is 0 Å². The Morgan fingerprint density at radius 2 is 2.05 bits per heavy atom. The van der Waals surface area contributed by atoms with E-state index in [2.05, 4.69) is 37.2 Å². The first kappa shape index (κ1) is 16.3. The second-order valence-corrected chi connectivity index (χ2v) is 6.89. The minimum Gasteiger partial charge on any atom is -0.483 e. The molecule has 1 saturated carbocycles. The van der Waals surface area contributed by atoms with Gasteiger partial charge in [-0.1, -0.05) is 15.9 Å². The summed E-state index contributed by atoms with van der Waals surface area (Å²) < 4.78 is 7.09. The van der Waals surface area contributed by atoms with E-state index in [1.165, 1.54) is 0 Å². The highest BCUT2D eigenvalue weighted by atomic mass is 79.9. The maximum Gasteiger partial charge on any atom is 0.305 e. The van der Waals surface area contributed by atoms with Crippen LogP contribution in [0.3, 0.4) is 0 Å². The number of aliphatic carboxylic acids is 1. The molecule has 1 aliphatic rings. The van der Waals surface area contributed by atoms with Gasteiger partial charge in [-0.15, -0.1) is 0 Å². The van der Waals surface area contributed by atoms with Gasteiger partial charge < -0.3 is 15.2 Å². The van der Waals surface area contributed by atoms with E-state index < -0.39 is 11.5 Å². The average Bonchev–Trinajstić information content (AvgIpc) is 2.34. The number of benzene rings is 1. The summed E-state index contributed by atoms with van der Waals surface area (Å²) in [5, 5.41) is 11.7. The number of carbonyl (C=O) groups excluding carboxylic acids is 1. The molecule has 2 N–H and O–H groups in total. The van der Waals surface area contributed by atoms with Crippen LogP contribution in [0.15, 0.2) is 27.1 Å². The first-order valence-corrected chi connectivity index (χ1v) is 8.09. The number of carbonyl (C=O) groups is 2. The third-order valence-electron chi connectivity index (χ3n) is 3.46. The Bertz CT molecular complexity index is 558. The Balaban J connectivity index is 1.88. The number of hydrogen-bond donors (Lipinski definition) is 2. The van der Waals surface area contributed by atoms with Crippen LogP contribution in [0.25, 0.3) is 0 Å². The quantitative estimate of drug-likeness (QED) is 0.741. The molecule has 0 saturated heterocycles. The van der Waals surface area contributed by atoms with E-state index in [1.807, 2.05) is 12.1 Å². The summed E-state index contributed by atoms with van der Waals surface area (Å²) in [7, 11) is 0. The Labute approximate surface area is 139 Å². The fourth-order valence-electron chi connectivity index (χ4n) is 2.31. The zero-order valence-corrected chi connectivity index (χ0v) is 14.4. The lowest BCUT2D eigenvalue weighted by Crippen LogP contribution is -2.55. The highest BCUT2D eigenvalue weighted by Crippen LogP contribution is 2.35. The monoisotopic (exact) mass is 419 g/mol. The molecule has 7 heteroatoms. The second kappa shape index (κ2) is 6.79. The summed E-state index contributed by atoms with van der Waals surface area (Å²) in [5.41, 5.74) is -0.594. The van der Waals surface area contributed by atoms with E-state index in [1.54, 1.807) is 6.07 Å². The molecular weight excluding hydrogens is 406 g/mol. The molecule has 1 aromatic carbocycles. The van der Waals surface area contributed by atoms with Crippen LogP contribution in [0, 0.1) is 0 Å². The molecule has 0 unspecified atom stereocenters. The summed E-state index contributed by atoms with van der Waals surface area (Å²) in [6.45, 7) is -0.137. The van der Waals surface area contributed by atoms with Gasteiger partial charge in [0.2, 0.25) is 0 Å². The number of carboxylic acids is 1. The highest BCUT2D eigenvalue weighted by molar-refractivity contribution is 9.11. The van der Waals surface area contributed by atoms with Crippen LogP contribution in [0.2, 0.25) is 0 Å². The fourth-order valence-corrected chi connectivity index (χ4v) is 3.47. The normalized spacial score (nSPS) is 15.9. The number of amides is 1. The number of ether oxygens (including phenoxy) is 1. The third kappa shape index (κ3) is 4.44. The van der Waals surface area contributed by atoms with Crippen molar-refractivity contribution in [1.82, 2.24) is 5.32 Å². The van der Waals surface area contributed by atoms with Crippen molar-refractivity contribution >= 4 is 43.7 Å². The third-order valence-corrected chi connectivity index (χ3v) is 4.57. The number of rotatable bonds is 6. The highest BCUT2D eigenvalue weighted by Gasteiger charge is 2.40. The van der Waals surface area contributed by atoms with Gasteiger partial charge in [-0.3, -0.25) is 9.59 Å². The molecule has 1 fully saturated rings. The van der Waals surface area contributed by atoms with Crippen molar-refractivity contribution in [2.45, 2.75) is 31.2 Å². The lowest BCUT2D eigenvalue weighted by atomic mass is 9.74. The second-order valence-electron chi connectivity index (χ2n) is 5.12. The Kier molecular flexibility index (Phi) is 5.27. The van der Waals surface area contributed by atoms with Crippen molar-refractivity contribution in [1.29, 1.82) is 0 Å². The van der Waals surface area contributed by atoms with Gasteiger partial charge in [0.1, 0.15) is 5.75 Å². The predicted molar refractivity (Wildman–Crippen MR) is 84.3 cm³/mol. The van der Waals surface area contributed by atoms with E-state index in [0.29, 0.717) is 18.6 Å². The minimum absolute atomic E-state index is 0.0410. The van der Waals surface area contributed by atoms with Gasteiger partial charge in [-0.2, -0.15) is 0 Å². The molecule has 0 spiro atoms. The van der Waals surface area contributed by atoms with Crippen LogP contribution in [0.4, 0.5) is 0 Å². The van der Waals surface area contributed by atoms with Gasteiger partial charge in [0.15, 0.2) is 6.61 Å². The first-order valence-electron chi connectivity index (χ1n) is 6.51. The minimum atomic E-state index is -0.897. The van der Waals surface area contributed by atoms with Gasteiger partial charge in [0.25, 0.3) is 5.91 Å². The van der Waals surface area contributed by atoms with Crippen LogP contribution in [-0.2, 0) is 9.59 Å². The fraction of sp³-hybridized carbons (Fsp3) is 0.429. The average molecular weight is 421 g/mol. The first-order chi connectivity index (χ1) is 9.90. The molecule has 0 radical (unpaired) electrons. The topological polar surface area (TPSA) is 75.6 Å².